The minimum Gasteiger partial charge on any atom is -0.456 e. The third-order valence-electron chi connectivity index (χ3n) is 13.1. The Balaban J connectivity index is 1.15. The summed E-state index contributed by atoms with van der Waals surface area (Å²) in [6.07, 6.45) is 0. The average molecular weight is 758 g/mol. The molecule has 274 valence electrons. The molecule has 0 unspecified atom stereocenters. The van der Waals surface area contributed by atoms with Crippen LogP contribution in [0.4, 0.5) is 17.1 Å². The second kappa shape index (κ2) is 12.3. The number of para-hydroxylation sites is 1. The van der Waals surface area contributed by atoms with Gasteiger partial charge in [-0.05, 0) is 108 Å². The summed E-state index contributed by atoms with van der Waals surface area (Å²) in [7, 11) is -1.97. The first-order valence-corrected chi connectivity index (χ1v) is 23.3. The molecular weight excluding hydrogens is 719 g/mol. The number of hydrogen-bond donors (Lipinski definition) is 0. The number of furan rings is 1. The van der Waals surface area contributed by atoms with Crippen LogP contribution in [0.25, 0.3) is 55.0 Å². The average Bonchev–Trinajstić information content (AvgIpc) is 3.88. The zero-order chi connectivity index (χ0) is 38.6. The van der Waals surface area contributed by atoms with Crippen LogP contribution in [-0.2, 0) is 5.41 Å². The highest BCUT2D eigenvalue weighted by atomic mass is 28.3. The highest BCUT2D eigenvalue weighted by Crippen LogP contribution is 2.59. The molecule has 1 aliphatic heterocycles. The van der Waals surface area contributed by atoms with E-state index in [0.717, 1.165) is 39.0 Å². The Morgan fingerprint density at radius 3 is 1.78 bits per heavy atom. The molecule has 2 heterocycles. The predicted octanol–water partition coefficient (Wildman–Crippen LogP) is 13.4. The van der Waals surface area contributed by atoms with Crippen LogP contribution in [0.2, 0.25) is 13.1 Å². The molecule has 3 heteroatoms. The molecule has 10 aromatic rings. The summed E-state index contributed by atoms with van der Waals surface area (Å²) in [6, 6.07) is 74.3. The minimum absolute atomic E-state index is 0.563. The zero-order valence-corrected chi connectivity index (χ0v) is 33.4. The largest absolute Gasteiger partial charge is 0.456 e. The van der Waals surface area contributed by atoms with E-state index in [1.54, 1.807) is 0 Å². The summed E-state index contributed by atoms with van der Waals surface area (Å²) in [5.74, 6) is 0. The fourth-order valence-corrected chi connectivity index (χ4v) is 13.6. The quantitative estimate of drug-likeness (QED) is 0.163. The molecule has 0 N–H and O–H groups in total. The molecule has 0 radical (unpaired) electrons. The third kappa shape index (κ3) is 4.54. The van der Waals surface area contributed by atoms with Crippen LogP contribution in [0.5, 0.6) is 0 Å². The van der Waals surface area contributed by atoms with Gasteiger partial charge in [-0.2, -0.15) is 0 Å². The topological polar surface area (TPSA) is 16.4 Å². The SMILES string of the molecule is C[Si]1(C)c2ccccc2-c2ccc(N(c3ccc4c(c3)C(c3ccccc3)(c3ccccc3)c3c-4ccc4ccccc34)c3ccc4c(c3)oc3ccccc34)cc21. The molecule has 9 aromatic carbocycles. The molecule has 0 amide bonds. The summed E-state index contributed by atoms with van der Waals surface area (Å²) in [4.78, 5) is 2.46. The van der Waals surface area contributed by atoms with E-state index in [1.165, 1.54) is 65.7 Å². The molecule has 0 saturated heterocycles. The second-order valence-electron chi connectivity index (χ2n) is 16.4. The van der Waals surface area contributed by atoms with Gasteiger partial charge in [0.25, 0.3) is 0 Å². The van der Waals surface area contributed by atoms with E-state index < -0.39 is 13.5 Å². The molecule has 2 aliphatic rings. The van der Waals surface area contributed by atoms with Gasteiger partial charge in [-0.1, -0.05) is 165 Å². The fraction of sp³-hybridized carbons (Fsp3) is 0.0545. The second-order valence-corrected chi connectivity index (χ2v) is 20.8. The van der Waals surface area contributed by atoms with Gasteiger partial charge in [-0.3, -0.25) is 0 Å². The van der Waals surface area contributed by atoms with Gasteiger partial charge in [0.15, 0.2) is 0 Å². The lowest BCUT2D eigenvalue weighted by Crippen LogP contribution is -2.49. The highest BCUT2D eigenvalue weighted by molar-refractivity contribution is 7.03. The monoisotopic (exact) mass is 757 g/mol. The summed E-state index contributed by atoms with van der Waals surface area (Å²) in [6.45, 7) is 4.99. The summed E-state index contributed by atoms with van der Waals surface area (Å²) in [5, 5.41) is 7.77. The van der Waals surface area contributed by atoms with Crippen molar-refractivity contribution < 1.29 is 4.42 Å². The third-order valence-corrected chi connectivity index (χ3v) is 16.7. The zero-order valence-electron chi connectivity index (χ0n) is 32.4. The maximum Gasteiger partial charge on any atom is 0.137 e. The Morgan fingerprint density at radius 2 is 0.983 bits per heavy atom. The Hall–Kier alpha value is -6.94. The van der Waals surface area contributed by atoms with Crippen molar-refractivity contribution in [3.63, 3.8) is 0 Å². The van der Waals surface area contributed by atoms with E-state index in [2.05, 4.69) is 212 Å². The lowest BCUT2D eigenvalue weighted by atomic mass is 9.66. The van der Waals surface area contributed by atoms with E-state index in [4.69, 9.17) is 4.42 Å². The van der Waals surface area contributed by atoms with Crippen LogP contribution in [0, 0.1) is 0 Å². The molecule has 1 aromatic heterocycles. The highest BCUT2D eigenvalue weighted by Gasteiger charge is 2.47. The molecule has 58 heavy (non-hydrogen) atoms. The van der Waals surface area contributed by atoms with Crippen molar-refractivity contribution in [3.05, 3.63) is 222 Å². The van der Waals surface area contributed by atoms with E-state index in [0.29, 0.717) is 0 Å². The van der Waals surface area contributed by atoms with Gasteiger partial charge in [-0.15, -0.1) is 0 Å². The van der Waals surface area contributed by atoms with Gasteiger partial charge >= 0.3 is 0 Å². The predicted molar refractivity (Wildman–Crippen MR) is 245 cm³/mol. The van der Waals surface area contributed by atoms with Crippen molar-refractivity contribution in [1.29, 1.82) is 0 Å². The van der Waals surface area contributed by atoms with Crippen molar-refractivity contribution in [3.8, 4) is 22.3 Å². The van der Waals surface area contributed by atoms with Gasteiger partial charge in [0, 0.05) is 33.9 Å². The number of fused-ring (bicyclic) bond motifs is 11. The van der Waals surface area contributed by atoms with Crippen molar-refractivity contribution in [1.82, 2.24) is 0 Å². The first-order valence-electron chi connectivity index (χ1n) is 20.3. The number of anilines is 3. The maximum absolute atomic E-state index is 6.55. The lowest BCUT2D eigenvalue weighted by molar-refractivity contribution is 0.669. The van der Waals surface area contributed by atoms with Crippen LogP contribution in [0.3, 0.4) is 0 Å². The Labute approximate surface area is 339 Å². The molecule has 0 spiro atoms. The van der Waals surface area contributed by atoms with Crippen LogP contribution in [-0.4, -0.2) is 8.07 Å². The number of hydrogen-bond acceptors (Lipinski definition) is 2. The van der Waals surface area contributed by atoms with Gasteiger partial charge in [0.2, 0.25) is 0 Å². The molecular formula is C55H39NOSi. The smallest absolute Gasteiger partial charge is 0.137 e. The van der Waals surface area contributed by atoms with Crippen molar-refractivity contribution >= 4 is 68.2 Å². The van der Waals surface area contributed by atoms with Crippen LogP contribution in [0.15, 0.2) is 205 Å². The van der Waals surface area contributed by atoms with Gasteiger partial charge in [-0.25, -0.2) is 0 Å². The van der Waals surface area contributed by atoms with E-state index in [-0.39, 0.29) is 0 Å². The van der Waals surface area contributed by atoms with Crippen molar-refractivity contribution in [2.45, 2.75) is 18.5 Å². The lowest BCUT2D eigenvalue weighted by Gasteiger charge is -2.35. The molecule has 12 rings (SSSR count). The first kappa shape index (κ1) is 33.2. The van der Waals surface area contributed by atoms with Crippen LogP contribution < -0.4 is 15.3 Å². The molecule has 2 nitrogen and oxygen atoms in total. The van der Waals surface area contributed by atoms with Crippen LogP contribution in [0.1, 0.15) is 22.3 Å². The first-order chi connectivity index (χ1) is 28.5. The van der Waals surface area contributed by atoms with Gasteiger partial charge < -0.3 is 9.32 Å². The fourth-order valence-electron chi connectivity index (χ4n) is 10.5. The minimum atomic E-state index is -1.97. The maximum atomic E-state index is 6.55. The number of rotatable bonds is 5. The molecule has 1 aliphatic carbocycles. The van der Waals surface area contributed by atoms with E-state index in [9.17, 15) is 0 Å². The summed E-state index contributed by atoms with van der Waals surface area (Å²) in [5.41, 5.74) is 15.0. The van der Waals surface area contributed by atoms with E-state index in [1.807, 2.05) is 6.07 Å². The van der Waals surface area contributed by atoms with Gasteiger partial charge in [0.05, 0.1) is 5.41 Å². The van der Waals surface area contributed by atoms with Crippen molar-refractivity contribution in [2.75, 3.05) is 4.90 Å². The van der Waals surface area contributed by atoms with Crippen molar-refractivity contribution in [2.24, 2.45) is 0 Å². The van der Waals surface area contributed by atoms with Gasteiger partial charge in [0.1, 0.15) is 19.2 Å². The molecule has 0 fully saturated rings. The standard InChI is InChI=1S/C55H39NOSi/c1-58(2)52-24-14-12-22-46(52)47-32-28-41(35-53(47)58)56(40-27-31-45-44-21-11-13-23-50(44)57-51(45)34-40)39-26-30-43-48-29-25-36-15-9-10-20-42(36)54(48)55(49(43)33-39,37-16-5-3-6-17-37)38-18-7-4-8-19-38/h3-35H,1-2H3. The summed E-state index contributed by atoms with van der Waals surface area (Å²) < 4.78 is 6.55. The van der Waals surface area contributed by atoms with E-state index >= 15 is 0 Å². The molecule has 0 bridgehead atoms. The summed E-state index contributed by atoms with van der Waals surface area (Å²) >= 11 is 0. The number of benzene rings is 9. The Kier molecular flexibility index (Phi) is 7.03. The molecule has 0 saturated carbocycles. The Bertz CT molecular complexity index is 3230. The number of nitrogens with zero attached hydrogens (tertiary/aromatic N) is 1. The normalized spacial score (nSPS) is 14.3. The van der Waals surface area contributed by atoms with Crippen LogP contribution >= 0.6 is 0 Å². The Morgan fingerprint density at radius 1 is 0.414 bits per heavy atom. The molecule has 0 atom stereocenters.